The number of para-hydroxylation sites is 1. The number of methoxy groups -OCH3 is 1. The highest BCUT2D eigenvalue weighted by molar-refractivity contribution is 5.37. The lowest BCUT2D eigenvalue weighted by Crippen LogP contribution is -2.46. The molecule has 106 valence electrons. The molecule has 0 bridgehead atoms. The molecule has 1 unspecified atom stereocenters. The summed E-state index contributed by atoms with van der Waals surface area (Å²) in [6.45, 7) is 5.81. The van der Waals surface area contributed by atoms with Crippen molar-refractivity contribution in [3.63, 3.8) is 0 Å². The normalized spacial score (nSPS) is 23.7. The smallest absolute Gasteiger partial charge is 0.122 e. The minimum absolute atomic E-state index is 0.434. The van der Waals surface area contributed by atoms with Crippen LogP contribution >= 0.6 is 0 Å². The Morgan fingerprint density at radius 1 is 1.32 bits per heavy atom. The summed E-state index contributed by atoms with van der Waals surface area (Å²) in [7, 11) is 1.75. The maximum atomic E-state index is 5.43. The zero-order valence-corrected chi connectivity index (χ0v) is 12.2. The Labute approximate surface area is 116 Å². The fraction of sp³-hybridized carbons (Fsp3) is 0.625. The summed E-state index contributed by atoms with van der Waals surface area (Å²) in [6.07, 6.45) is 2.38. The monoisotopic (exact) mass is 263 g/mol. The van der Waals surface area contributed by atoms with Crippen molar-refractivity contribution >= 4 is 0 Å². The van der Waals surface area contributed by atoms with Gasteiger partial charge >= 0.3 is 0 Å². The first-order valence-electron chi connectivity index (χ1n) is 7.21. The maximum absolute atomic E-state index is 5.43. The summed E-state index contributed by atoms with van der Waals surface area (Å²) in [5.41, 5.74) is 1.35. The van der Waals surface area contributed by atoms with Crippen LogP contribution in [0.1, 0.15) is 38.2 Å². The fourth-order valence-electron chi connectivity index (χ4n) is 2.76. The third kappa shape index (κ3) is 3.71. The minimum atomic E-state index is 0.434. The van der Waals surface area contributed by atoms with Gasteiger partial charge in [0.2, 0.25) is 0 Å². The van der Waals surface area contributed by atoms with E-state index in [1.54, 1.807) is 7.11 Å². The quantitative estimate of drug-likeness (QED) is 0.820. The lowest BCUT2D eigenvalue weighted by atomic mass is 9.75. The van der Waals surface area contributed by atoms with Gasteiger partial charge in [-0.05, 0) is 44.2 Å². The highest BCUT2D eigenvalue weighted by atomic mass is 16.5. The molecule has 1 atom stereocenters. The van der Waals surface area contributed by atoms with Crippen molar-refractivity contribution in [1.29, 1.82) is 0 Å². The molecule has 19 heavy (non-hydrogen) atoms. The van der Waals surface area contributed by atoms with E-state index in [0.717, 1.165) is 19.0 Å². The van der Waals surface area contributed by atoms with E-state index in [4.69, 9.17) is 9.47 Å². The van der Waals surface area contributed by atoms with E-state index >= 15 is 0 Å². The van der Waals surface area contributed by atoms with Crippen molar-refractivity contribution in [3.8, 4) is 5.75 Å². The molecule has 0 heterocycles. The summed E-state index contributed by atoms with van der Waals surface area (Å²) < 4.78 is 10.9. The zero-order chi connectivity index (χ0) is 13.7. The zero-order valence-electron chi connectivity index (χ0n) is 12.2. The molecule has 0 spiro atoms. The van der Waals surface area contributed by atoms with Gasteiger partial charge in [-0.25, -0.2) is 0 Å². The molecule has 1 aromatic rings. The third-order valence-electron chi connectivity index (χ3n) is 3.81. The van der Waals surface area contributed by atoms with Crippen molar-refractivity contribution in [2.24, 2.45) is 0 Å². The molecule has 2 rings (SSSR count). The van der Waals surface area contributed by atoms with Crippen LogP contribution in [0.25, 0.3) is 0 Å². The molecule has 1 aromatic carbocycles. The molecule has 1 aliphatic rings. The van der Waals surface area contributed by atoms with Gasteiger partial charge in [-0.1, -0.05) is 18.2 Å². The Bertz CT molecular complexity index is 388. The Morgan fingerprint density at radius 2 is 2.05 bits per heavy atom. The number of nitrogens with one attached hydrogen (secondary N) is 1. The van der Waals surface area contributed by atoms with E-state index in [0.29, 0.717) is 18.0 Å². The molecule has 0 amide bonds. The second kappa shape index (κ2) is 6.92. The van der Waals surface area contributed by atoms with Gasteiger partial charge in [0, 0.05) is 18.7 Å². The van der Waals surface area contributed by atoms with Crippen molar-refractivity contribution < 1.29 is 9.47 Å². The van der Waals surface area contributed by atoms with E-state index in [1.165, 1.54) is 18.4 Å². The highest BCUT2D eigenvalue weighted by Crippen LogP contribution is 2.41. The molecule has 0 aliphatic heterocycles. The molecular formula is C16H25NO2. The largest absolute Gasteiger partial charge is 0.496 e. The second-order valence-electron chi connectivity index (χ2n) is 5.33. The standard InChI is InChI=1S/C16H25NO2/c1-4-19-11-12(2)17-14-9-13(10-14)15-7-5-6-8-16(15)18-3/h5-8,12-14,17H,4,9-11H2,1-3H3. The fourth-order valence-corrected chi connectivity index (χ4v) is 2.76. The number of ether oxygens (including phenoxy) is 2. The molecule has 1 saturated carbocycles. The van der Waals surface area contributed by atoms with Crippen LogP contribution in [0.2, 0.25) is 0 Å². The second-order valence-corrected chi connectivity index (χ2v) is 5.33. The molecule has 1 aliphatic carbocycles. The van der Waals surface area contributed by atoms with Gasteiger partial charge in [0.05, 0.1) is 13.7 Å². The average molecular weight is 263 g/mol. The number of rotatable bonds is 7. The molecular weight excluding hydrogens is 238 g/mol. The summed E-state index contributed by atoms with van der Waals surface area (Å²) in [4.78, 5) is 0. The lowest BCUT2D eigenvalue weighted by molar-refractivity contribution is 0.115. The molecule has 3 nitrogen and oxygen atoms in total. The van der Waals surface area contributed by atoms with E-state index in [9.17, 15) is 0 Å². The van der Waals surface area contributed by atoms with Crippen molar-refractivity contribution in [2.75, 3.05) is 20.3 Å². The molecule has 1 N–H and O–H groups in total. The minimum Gasteiger partial charge on any atom is -0.496 e. The summed E-state index contributed by atoms with van der Waals surface area (Å²) >= 11 is 0. The lowest BCUT2D eigenvalue weighted by Gasteiger charge is -2.38. The van der Waals surface area contributed by atoms with Crippen LogP contribution in [0.4, 0.5) is 0 Å². The van der Waals surface area contributed by atoms with Crippen LogP contribution in [0.15, 0.2) is 24.3 Å². The molecule has 0 radical (unpaired) electrons. The van der Waals surface area contributed by atoms with Crippen LogP contribution < -0.4 is 10.1 Å². The SMILES string of the molecule is CCOCC(C)NC1CC(c2ccccc2OC)C1. The first-order valence-corrected chi connectivity index (χ1v) is 7.21. The third-order valence-corrected chi connectivity index (χ3v) is 3.81. The van der Waals surface area contributed by atoms with Crippen molar-refractivity contribution in [3.05, 3.63) is 29.8 Å². The van der Waals surface area contributed by atoms with Crippen molar-refractivity contribution in [1.82, 2.24) is 5.32 Å². The van der Waals surface area contributed by atoms with Gasteiger partial charge in [-0.2, -0.15) is 0 Å². The van der Waals surface area contributed by atoms with Gasteiger partial charge in [-0.15, -0.1) is 0 Å². The molecule has 0 aromatic heterocycles. The topological polar surface area (TPSA) is 30.5 Å². The first kappa shape index (κ1) is 14.4. The summed E-state index contributed by atoms with van der Waals surface area (Å²) in [5, 5.41) is 3.62. The predicted molar refractivity (Wildman–Crippen MR) is 77.8 cm³/mol. The van der Waals surface area contributed by atoms with E-state index in [1.807, 2.05) is 19.1 Å². The van der Waals surface area contributed by atoms with E-state index in [-0.39, 0.29) is 0 Å². The van der Waals surface area contributed by atoms with Gasteiger partial charge in [0.25, 0.3) is 0 Å². The summed E-state index contributed by atoms with van der Waals surface area (Å²) in [6, 6.07) is 9.41. The van der Waals surface area contributed by atoms with Gasteiger partial charge in [-0.3, -0.25) is 0 Å². The number of benzene rings is 1. The first-order chi connectivity index (χ1) is 9.24. The Balaban J connectivity index is 1.79. The predicted octanol–water partition coefficient (Wildman–Crippen LogP) is 2.96. The average Bonchev–Trinajstić information content (AvgIpc) is 2.40. The van der Waals surface area contributed by atoms with Crippen LogP contribution in [0, 0.1) is 0 Å². The van der Waals surface area contributed by atoms with Gasteiger partial charge in [0.1, 0.15) is 5.75 Å². The van der Waals surface area contributed by atoms with Crippen LogP contribution in [-0.4, -0.2) is 32.4 Å². The highest BCUT2D eigenvalue weighted by Gasteiger charge is 2.32. The molecule has 1 fully saturated rings. The van der Waals surface area contributed by atoms with Gasteiger partial charge < -0.3 is 14.8 Å². The molecule has 0 saturated heterocycles. The van der Waals surface area contributed by atoms with Crippen LogP contribution in [0.5, 0.6) is 5.75 Å². The number of hydrogen-bond donors (Lipinski definition) is 1. The maximum Gasteiger partial charge on any atom is 0.122 e. The Hall–Kier alpha value is -1.06. The van der Waals surface area contributed by atoms with E-state index < -0.39 is 0 Å². The van der Waals surface area contributed by atoms with Gasteiger partial charge in [0.15, 0.2) is 0 Å². The Morgan fingerprint density at radius 3 is 2.74 bits per heavy atom. The van der Waals surface area contributed by atoms with Crippen LogP contribution in [0.3, 0.4) is 0 Å². The van der Waals surface area contributed by atoms with Crippen LogP contribution in [-0.2, 0) is 4.74 Å². The van der Waals surface area contributed by atoms with E-state index in [2.05, 4.69) is 24.4 Å². The summed E-state index contributed by atoms with van der Waals surface area (Å²) in [5.74, 6) is 1.65. The van der Waals surface area contributed by atoms with Crippen molar-refractivity contribution in [2.45, 2.75) is 44.7 Å². The number of hydrogen-bond acceptors (Lipinski definition) is 3. The molecule has 3 heteroatoms. The Kier molecular flexibility index (Phi) is 5.23.